The van der Waals surface area contributed by atoms with Crippen LogP contribution in [0.4, 0.5) is 34.1 Å². The fourth-order valence-electron chi connectivity index (χ4n) is 13.1. The summed E-state index contributed by atoms with van der Waals surface area (Å²) in [5.41, 5.74) is 28.0. The van der Waals surface area contributed by atoms with Crippen LogP contribution in [-0.4, -0.2) is 0 Å². The molecule has 396 valence electrons. The second kappa shape index (κ2) is 20.3. The van der Waals surface area contributed by atoms with Crippen LogP contribution in [0.5, 0.6) is 0 Å². The molecule has 1 atom stereocenters. The summed E-state index contributed by atoms with van der Waals surface area (Å²) in [6.07, 6.45) is 1.12. The highest BCUT2D eigenvalue weighted by atomic mass is 15.1. The van der Waals surface area contributed by atoms with Gasteiger partial charge in [-0.2, -0.15) is 0 Å². The molecule has 0 bridgehead atoms. The van der Waals surface area contributed by atoms with Gasteiger partial charge in [0.05, 0.1) is 5.41 Å². The van der Waals surface area contributed by atoms with Crippen molar-refractivity contribution in [1.82, 2.24) is 0 Å². The fraction of sp³-hybridized carbons (Fsp3) is 0.165. The number of nitrogens with zero attached hydrogens (tertiary/aromatic N) is 2. The number of rotatable bonds is 11. The van der Waals surface area contributed by atoms with E-state index in [9.17, 15) is 0 Å². The maximum atomic E-state index is 2.49. The van der Waals surface area contributed by atoms with Crippen molar-refractivity contribution in [2.75, 3.05) is 9.80 Å². The lowest BCUT2D eigenvalue weighted by Crippen LogP contribution is -2.26. The van der Waals surface area contributed by atoms with Gasteiger partial charge in [0.25, 0.3) is 0 Å². The maximum absolute atomic E-state index is 2.49. The zero-order valence-electron chi connectivity index (χ0n) is 48.0. The van der Waals surface area contributed by atoms with E-state index in [0.29, 0.717) is 5.92 Å². The predicted octanol–water partition coefficient (Wildman–Crippen LogP) is 22.1. The van der Waals surface area contributed by atoms with Crippen LogP contribution in [0, 0.1) is 0 Å². The number of hydrogen-bond acceptors (Lipinski definition) is 2. The van der Waals surface area contributed by atoms with Crippen LogP contribution < -0.4 is 9.80 Å². The molecular weight excluding hydrogens is 977 g/mol. The number of fused-ring (bicyclic) bond motifs is 10. The lowest BCUT2D eigenvalue weighted by molar-refractivity contribution is 0.590. The number of hydrogen-bond donors (Lipinski definition) is 0. The van der Waals surface area contributed by atoms with Gasteiger partial charge in [0.1, 0.15) is 0 Å². The monoisotopic (exact) mass is 1050 g/mol. The van der Waals surface area contributed by atoms with Gasteiger partial charge in [0.2, 0.25) is 0 Å². The first-order valence-corrected chi connectivity index (χ1v) is 29.0. The Balaban J connectivity index is 0.895. The normalized spacial score (nSPS) is 13.3. The third-order valence-electron chi connectivity index (χ3n) is 17.5. The molecule has 2 aliphatic rings. The van der Waals surface area contributed by atoms with E-state index in [1.54, 1.807) is 0 Å². The van der Waals surface area contributed by atoms with Gasteiger partial charge >= 0.3 is 0 Å². The van der Waals surface area contributed by atoms with E-state index in [-0.39, 0.29) is 10.8 Å². The molecule has 81 heavy (non-hydrogen) atoms. The van der Waals surface area contributed by atoms with Crippen LogP contribution in [0.1, 0.15) is 107 Å². The van der Waals surface area contributed by atoms with E-state index in [1.807, 2.05) is 0 Å². The van der Waals surface area contributed by atoms with Crippen LogP contribution in [0.15, 0.2) is 261 Å². The highest BCUT2D eigenvalue weighted by molar-refractivity contribution is 5.96. The molecule has 1 spiro atoms. The molecule has 0 amide bonds. The summed E-state index contributed by atoms with van der Waals surface area (Å²) in [5, 5.41) is 0. The molecule has 0 heterocycles. The van der Waals surface area contributed by atoms with Crippen LogP contribution >= 0.6 is 0 Å². The molecule has 0 N–H and O–H groups in total. The van der Waals surface area contributed by atoms with Crippen molar-refractivity contribution in [2.24, 2.45) is 0 Å². The summed E-state index contributed by atoms with van der Waals surface area (Å²) in [6.45, 7) is 18.4. The minimum absolute atomic E-state index is 0.0703. The first-order chi connectivity index (χ1) is 39.3. The molecule has 0 radical (unpaired) electrons. The molecule has 0 aromatic heterocycles. The second-order valence-corrected chi connectivity index (χ2v) is 24.5. The van der Waals surface area contributed by atoms with E-state index < -0.39 is 5.41 Å². The molecule has 11 aromatic rings. The van der Waals surface area contributed by atoms with Crippen molar-refractivity contribution < 1.29 is 0 Å². The largest absolute Gasteiger partial charge is 0.311 e. The van der Waals surface area contributed by atoms with Crippen LogP contribution in [0.25, 0.3) is 55.6 Å². The summed E-state index contributed by atoms with van der Waals surface area (Å²) >= 11 is 0. The topological polar surface area (TPSA) is 6.48 Å². The average Bonchev–Trinajstić information content (AvgIpc) is 4.21. The van der Waals surface area contributed by atoms with Crippen molar-refractivity contribution in [2.45, 2.75) is 84.0 Å². The van der Waals surface area contributed by atoms with Crippen molar-refractivity contribution >= 4 is 34.1 Å². The summed E-state index contributed by atoms with van der Waals surface area (Å²) in [7, 11) is 0. The predicted molar refractivity (Wildman–Crippen MR) is 345 cm³/mol. The maximum Gasteiger partial charge on any atom is 0.0726 e. The lowest BCUT2D eigenvalue weighted by atomic mass is 9.70. The Morgan fingerprint density at radius 2 is 0.704 bits per heavy atom. The van der Waals surface area contributed by atoms with Gasteiger partial charge in [-0.15, -0.1) is 0 Å². The summed E-state index contributed by atoms with van der Waals surface area (Å²) in [6, 6.07) is 98.0. The van der Waals surface area contributed by atoms with Crippen molar-refractivity contribution in [3.05, 3.63) is 300 Å². The Morgan fingerprint density at radius 3 is 1.19 bits per heavy atom. The van der Waals surface area contributed by atoms with E-state index in [4.69, 9.17) is 0 Å². The van der Waals surface area contributed by atoms with Crippen LogP contribution in [0.3, 0.4) is 0 Å². The Bertz CT molecular complexity index is 4020. The SMILES string of the molecule is CCC(C)c1ccc(N(c2ccc(-c3ccc(C(C)(C)C)c(-c4ccc(N(c5ccc(-c6ccccc6)cc5)c5ccc6c(c5)C5(c7ccccc7-c7ccccc75)c5ccccc5-6)cc4)c3)cc2)c2ccc(C(C)(C)C)cc2)cc1. The molecule has 0 saturated carbocycles. The minimum atomic E-state index is -0.451. The Labute approximate surface area is 480 Å². The Hall–Kier alpha value is -8.98. The van der Waals surface area contributed by atoms with Gasteiger partial charge < -0.3 is 9.80 Å². The van der Waals surface area contributed by atoms with E-state index in [1.165, 1.54) is 94.6 Å². The highest BCUT2D eigenvalue weighted by Crippen LogP contribution is 2.63. The molecule has 11 aromatic carbocycles. The fourth-order valence-corrected chi connectivity index (χ4v) is 13.1. The molecular formula is C79H70N2. The first kappa shape index (κ1) is 51.5. The average molecular weight is 1050 g/mol. The standard InChI is InChI=1S/C79H70N2/c1-9-53(2)54-27-38-61(39-28-54)80(65-46-36-60(37-47-65)77(3,4)5)62-42-31-57(32-43-62)59-35-50-72(78(6,7)8)71(51-59)58-33-44-64(45-34-58)81(63-40-29-56(30-41-63)55-19-11-10-12-20-55)66-48-49-70-69-23-15-18-26-75(69)79(76(70)52-66)73-24-16-13-21-67(73)68-22-14-17-25-74(68)79/h10-53H,9H2,1-8H3. The minimum Gasteiger partial charge on any atom is -0.311 e. The van der Waals surface area contributed by atoms with Crippen molar-refractivity contribution in [1.29, 1.82) is 0 Å². The third-order valence-corrected chi connectivity index (χ3v) is 17.5. The molecule has 0 saturated heterocycles. The van der Waals surface area contributed by atoms with Crippen molar-refractivity contribution in [3.8, 4) is 55.6 Å². The number of benzene rings is 11. The first-order valence-electron chi connectivity index (χ1n) is 29.0. The van der Waals surface area contributed by atoms with Gasteiger partial charge in [0, 0.05) is 34.1 Å². The Morgan fingerprint density at radius 1 is 0.321 bits per heavy atom. The van der Waals surface area contributed by atoms with Crippen molar-refractivity contribution in [3.63, 3.8) is 0 Å². The second-order valence-electron chi connectivity index (χ2n) is 24.5. The molecule has 0 aliphatic heterocycles. The van der Waals surface area contributed by atoms with Gasteiger partial charge in [0.15, 0.2) is 0 Å². The van der Waals surface area contributed by atoms with Gasteiger partial charge in [-0.25, -0.2) is 0 Å². The highest BCUT2D eigenvalue weighted by Gasteiger charge is 2.51. The van der Waals surface area contributed by atoms with Crippen LogP contribution in [-0.2, 0) is 16.2 Å². The zero-order valence-corrected chi connectivity index (χ0v) is 48.0. The molecule has 0 fully saturated rings. The quantitative estimate of drug-likeness (QED) is 0.127. The molecule has 13 rings (SSSR count). The van der Waals surface area contributed by atoms with Gasteiger partial charge in [-0.05, 0) is 197 Å². The summed E-state index contributed by atoms with van der Waals surface area (Å²) in [5.74, 6) is 0.515. The molecule has 2 nitrogen and oxygen atoms in total. The zero-order chi connectivity index (χ0) is 55.6. The Kier molecular flexibility index (Phi) is 12.9. The van der Waals surface area contributed by atoms with E-state index >= 15 is 0 Å². The number of anilines is 6. The van der Waals surface area contributed by atoms with Crippen LogP contribution in [0.2, 0.25) is 0 Å². The molecule has 1 unspecified atom stereocenters. The molecule has 2 heteroatoms. The van der Waals surface area contributed by atoms with Gasteiger partial charge in [-0.1, -0.05) is 237 Å². The summed E-state index contributed by atoms with van der Waals surface area (Å²) in [4.78, 5) is 4.84. The summed E-state index contributed by atoms with van der Waals surface area (Å²) < 4.78 is 0. The third kappa shape index (κ3) is 8.99. The molecule has 2 aliphatic carbocycles. The van der Waals surface area contributed by atoms with E-state index in [2.05, 4.69) is 326 Å². The van der Waals surface area contributed by atoms with Gasteiger partial charge in [-0.3, -0.25) is 0 Å². The van der Waals surface area contributed by atoms with E-state index in [0.717, 1.165) is 40.5 Å². The lowest BCUT2D eigenvalue weighted by Gasteiger charge is -2.32. The smallest absolute Gasteiger partial charge is 0.0726 e.